The van der Waals surface area contributed by atoms with Crippen LogP contribution in [0.5, 0.6) is 0 Å². The van der Waals surface area contributed by atoms with Gasteiger partial charge in [0, 0.05) is 13.1 Å². The first kappa shape index (κ1) is 19.3. The number of aromatic carboxylic acids is 1. The number of carboxylic acids is 1. The summed E-state index contributed by atoms with van der Waals surface area (Å²) in [5, 5.41) is 13.4. The standard InChI is InChI=1S/C23H25N3O3/c1-16-24-22(29-25-16)23(2)12-5-13-26(15-23)14-17-8-10-18(11-9-17)19-6-3-4-7-20(19)21(27)28/h3-4,6-11H,5,12-15H2,1-2H3,(H,27,28)/t23-/m0/s1. The summed E-state index contributed by atoms with van der Waals surface area (Å²) in [4.78, 5) is 18.4. The summed E-state index contributed by atoms with van der Waals surface area (Å²) in [6, 6.07) is 15.3. The Bertz CT molecular complexity index is 1010. The number of aryl methyl sites for hydroxylation is 1. The van der Waals surface area contributed by atoms with Gasteiger partial charge in [-0.25, -0.2) is 4.79 Å². The topological polar surface area (TPSA) is 79.5 Å². The number of hydrogen-bond donors (Lipinski definition) is 1. The lowest BCUT2D eigenvalue weighted by molar-refractivity contribution is 0.0697. The van der Waals surface area contributed by atoms with Gasteiger partial charge < -0.3 is 9.63 Å². The lowest BCUT2D eigenvalue weighted by Crippen LogP contribution is -2.44. The van der Waals surface area contributed by atoms with E-state index in [1.54, 1.807) is 12.1 Å². The van der Waals surface area contributed by atoms with Crippen molar-refractivity contribution in [2.24, 2.45) is 0 Å². The maximum Gasteiger partial charge on any atom is 0.336 e. The molecule has 0 radical (unpaired) electrons. The second-order valence-electron chi connectivity index (χ2n) is 8.07. The minimum Gasteiger partial charge on any atom is -0.478 e. The summed E-state index contributed by atoms with van der Waals surface area (Å²) >= 11 is 0. The third-order valence-corrected chi connectivity index (χ3v) is 5.65. The maximum atomic E-state index is 11.5. The van der Waals surface area contributed by atoms with Gasteiger partial charge in [-0.1, -0.05) is 47.6 Å². The number of hydrogen-bond acceptors (Lipinski definition) is 5. The van der Waals surface area contributed by atoms with E-state index in [1.807, 2.05) is 31.2 Å². The number of aromatic nitrogens is 2. The number of carbonyl (C=O) groups is 1. The van der Waals surface area contributed by atoms with Gasteiger partial charge in [0.05, 0.1) is 11.0 Å². The van der Waals surface area contributed by atoms with Gasteiger partial charge in [-0.2, -0.15) is 4.98 Å². The molecule has 0 saturated carbocycles. The van der Waals surface area contributed by atoms with E-state index in [0.717, 1.165) is 49.5 Å². The van der Waals surface area contributed by atoms with E-state index in [-0.39, 0.29) is 5.41 Å². The Balaban J connectivity index is 1.49. The van der Waals surface area contributed by atoms with E-state index >= 15 is 0 Å². The summed E-state index contributed by atoms with van der Waals surface area (Å²) in [6.07, 6.45) is 2.12. The Kier molecular flexibility index (Phi) is 5.20. The van der Waals surface area contributed by atoms with Crippen LogP contribution in [0.2, 0.25) is 0 Å². The summed E-state index contributed by atoms with van der Waals surface area (Å²) in [6.45, 7) is 6.78. The Morgan fingerprint density at radius 2 is 1.97 bits per heavy atom. The molecule has 3 aromatic rings. The highest BCUT2D eigenvalue weighted by Gasteiger charge is 2.37. The van der Waals surface area contributed by atoms with Crippen LogP contribution in [0.1, 0.15) is 47.4 Å². The van der Waals surface area contributed by atoms with Gasteiger partial charge in [0.1, 0.15) is 0 Å². The van der Waals surface area contributed by atoms with Gasteiger partial charge in [-0.05, 0) is 56.0 Å². The number of carboxylic acid groups (broad SMARTS) is 1. The highest BCUT2D eigenvalue weighted by Crippen LogP contribution is 2.33. The van der Waals surface area contributed by atoms with Crippen LogP contribution in [0.3, 0.4) is 0 Å². The molecule has 6 heteroatoms. The fourth-order valence-electron chi connectivity index (χ4n) is 4.17. The summed E-state index contributed by atoms with van der Waals surface area (Å²) in [5.41, 5.74) is 3.05. The molecule has 2 aromatic carbocycles. The van der Waals surface area contributed by atoms with Crippen LogP contribution in [-0.2, 0) is 12.0 Å². The molecular formula is C23H25N3O3. The third-order valence-electron chi connectivity index (χ3n) is 5.65. The van der Waals surface area contributed by atoms with Crippen LogP contribution in [0.25, 0.3) is 11.1 Å². The van der Waals surface area contributed by atoms with Crippen LogP contribution in [-0.4, -0.2) is 39.2 Å². The predicted octanol–water partition coefficient (Wildman–Crippen LogP) is 4.30. The van der Waals surface area contributed by atoms with E-state index in [2.05, 4.69) is 34.1 Å². The first-order chi connectivity index (χ1) is 13.9. The molecule has 0 spiro atoms. The molecule has 150 valence electrons. The Morgan fingerprint density at radius 3 is 2.66 bits per heavy atom. The van der Waals surface area contributed by atoms with E-state index in [9.17, 15) is 9.90 Å². The van der Waals surface area contributed by atoms with Gasteiger partial charge in [0.2, 0.25) is 5.89 Å². The van der Waals surface area contributed by atoms with Gasteiger partial charge in [0.25, 0.3) is 0 Å². The minimum absolute atomic E-state index is 0.125. The van der Waals surface area contributed by atoms with Gasteiger partial charge in [0.15, 0.2) is 5.82 Å². The van der Waals surface area contributed by atoms with Crippen molar-refractivity contribution < 1.29 is 14.4 Å². The second kappa shape index (κ2) is 7.79. The van der Waals surface area contributed by atoms with Gasteiger partial charge in [-0.15, -0.1) is 0 Å². The number of benzene rings is 2. The SMILES string of the molecule is Cc1noc([C@@]2(C)CCCN(Cc3ccc(-c4ccccc4C(=O)O)cc3)C2)n1. The smallest absolute Gasteiger partial charge is 0.336 e. The van der Waals surface area contributed by atoms with Crippen molar-refractivity contribution in [3.8, 4) is 11.1 Å². The number of nitrogens with zero attached hydrogens (tertiary/aromatic N) is 3. The highest BCUT2D eigenvalue weighted by molar-refractivity contribution is 5.95. The quantitative estimate of drug-likeness (QED) is 0.699. The van der Waals surface area contributed by atoms with E-state index < -0.39 is 5.97 Å². The van der Waals surface area contributed by atoms with Gasteiger partial charge >= 0.3 is 5.97 Å². The van der Waals surface area contributed by atoms with Crippen molar-refractivity contribution in [3.05, 3.63) is 71.4 Å². The number of piperidine rings is 1. The van der Waals surface area contributed by atoms with Crippen LogP contribution in [0, 0.1) is 6.92 Å². The number of rotatable bonds is 5. The molecule has 0 bridgehead atoms. The van der Waals surface area contributed by atoms with Crippen LogP contribution in [0.4, 0.5) is 0 Å². The molecule has 6 nitrogen and oxygen atoms in total. The predicted molar refractivity (Wildman–Crippen MR) is 110 cm³/mol. The van der Waals surface area contributed by atoms with Crippen molar-refractivity contribution in [2.45, 2.75) is 38.6 Å². The Hall–Kier alpha value is -2.99. The number of likely N-dealkylation sites (tertiary alicyclic amines) is 1. The first-order valence-corrected chi connectivity index (χ1v) is 9.89. The molecule has 0 unspecified atom stereocenters. The Labute approximate surface area is 170 Å². The molecule has 1 atom stereocenters. The molecule has 2 heterocycles. The molecule has 29 heavy (non-hydrogen) atoms. The fraction of sp³-hybridized carbons (Fsp3) is 0.348. The summed E-state index contributed by atoms with van der Waals surface area (Å²) < 4.78 is 5.46. The normalized spacial score (nSPS) is 19.9. The maximum absolute atomic E-state index is 11.5. The molecule has 0 amide bonds. The van der Waals surface area contributed by atoms with Crippen LogP contribution < -0.4 is 0 Å². The van der Waals surface area contributed by atoms with Crippen LogP contribution in [0.15, 0.2) is 53.1 Å². The fourth-order valence-corrected chi connectivity index (χ4v) is 4.17. The average Bonchev–Trinajstić information content (AvgIpc) is 3.16. The monoisotopic (exact) mass is 391 g/mol. The summed E-state index contributed by atoms with van der Waals surface area (Å²) in [5.74, 6) is 0.490. The molecule has 1 N–H and O–H groups in total. The molecule has 1 fully saturated rings. The molecule has 0 aliphatic carbocycles. The molecule has 1 aliphatic heterocycles. The van der Waals surface area contributed by atoms with Crippen molar-refractivity contribution in [1.82, 2.24) is 15.0 Å². The highest BCUT2D eigenvalue weighted by atomic mass is 16.5. The van der Waals surface area contributed by atoms with Crippen molar-refractivity contribution >= 4 is 5.97 Å². The van der Waals surface area contributed by atoms with E-state index in [4.69, 9.17) is 4.52 Å². The largest absolute Gasteiger partial charge is 0.478 e. The van der Waals surface area contributed by atoms with Crippen LogP contribution >= 0.6 is 0 Å². The summed E-state index contributed by atoms with van der Waals surface area (Å²) in [7, 11) is 0. The Morgan fingerprint density at radius 1 is 1.21 bits per heavy atom. The van der Waals surface area contributed by atoms with Crippen molar-refractivity contribution in [2.75, 3.05) is 13.1 Å². The van der Waals surface area contributed by atoms with Crippen molar-refractivity contribution in [3.63, 3.8) is 0 Å². The molecule has 4 rings (SSSR count). The zero-order chi connectivity index (χ0) is 20.4. The molecule has 1 aromatic heterocycles. The van der Waals surface area contributed by atoms with E-state index in [0.29, 0.717) is 11.4 Å². The molecular weight excluding hydrogens is 366 g/mol. The van der Waals surface area contributed by atoms with E-state index in [1.165, 1.54) is 5.56 Å². The molecule has 1 saturated heterocycles. The minimum atomic E-state index is -0.909. The zero-order valence-electron chi connectivity index (χ0n) is 16.8. The average molecular weight is 391 g/mol. The third kappa shape index (κ3) is 4.07. The second-order valence-corrected chi connectivity index (χ2v) is 8.07. The zero-order valence-corrected chi connectivity index (χ0v) is 16.8. The lowest BCUT2D eigenvalue weighted by atomic mass is 9.81. The molecule has 1 aliphatic rings. The van der Waals surface area contributed by atoms with Gasteiger partial charge in [-0.3, -0.25) is 4.90 Å². The first-order valence-electron chi connectivity index (χ1n) is 9.89. The van der Waals surface area contributed by atoms with Crippen molar-refractivity contribution in [1.29, 1.82) is 0 Å². The lowest BCUT2D eigenvalue weighted by Gasteiger charge is -2.38.